The van der Waals surface area contributed by atoms with Crippen molar-refractivity contribution in [2.24, 2.45) is 0 Å². The van der Waals surface area contributed by atoms with E-state index in [-0.39, 0.29) is 5.91 Å². The first-order valence-corrected chi connectivity index (χ1v) is 8.72. The highest BCUT2D eigenvalue weighted by Crippen LogP contribution is 2.44. The van der Waals surface area contributed by atoms with Crippen molar-refractivity contribution in [2.75, 3.05) is 7.11 Å². The van der Waals surface area contributed by atoms with Crippen molar-refractivity contribution >= 4 is 11.9 Å². The highest BCUT2D eigenvalue weighted by molar-refractivity contribution is 5.97. The van der Waals surface area contributed by atoms with Crippen molar-refractivity contribution < 1.29 is 14.3 Å². The van der Waals surface area contributed by atoms with Gasteiger partial charge in [0.1, 0.15) is 6.04 Å². The Kier molecular flexibility index (Phi) is 5.21. The van der Waals surface area contributed by atoms with E-state index >= 15 is 0 Å². The molecule has 0 radical (unpaired) electrons. The van der Waals surface area contributed by atoms with Gasteiger partial charge in [-0.1, -0.05) is 60.2 Å². The number of rotatable bonds is 5. The van der Waals surface area contributed by atoms with Gasteiger partial charge in [0.15, 0.2) is 0 Å². The van der Waals surface area contributed by atoms with Gasteiger partial charge in [-0.2, -0.15) is 0 Å². The van der Waals surface area contributed by atoms with Crippen LogP contribution in [0.2, 0.25) is 0 Å². The Hall–Kier alpha value is -2.88. The number of allylic oxidation sites excluding steroid dienone is 1. The normalized spacial score (nSPS) is 13.3. The highest BCUT2D eigenvalue weighted by Gasteiger charge is 2.35. The quantitative estimate of drug-likeness (QED) is 0.660. The molecule has 0 unspecified atom stereocenters. The van der Waals surface area contributed by atoms with Crippen molar-refractivity contribution in [2.45, 2.75) is 32.2 Å². The van der Waals surface area contributed by atoms with Crippen molar-refractivity contribution in [3.05, 3.63) is 71.3 Å². The van der Waals surface area contributed by atoms with Gasteiger partial charge in [-0.25, -0.2) is 4.79 Å². The van der Waals surface area contributed by atoms with E-state index in [0.29, 0.717) is 6.42 Å². The number of hydrogen-bond acceptors (Lipinski definition) is 3. The topological polar surface area (TPSA) is 55.4 Å². The Morgan fingerprint density at radius 1 is 1.04 bits per heavy atom. The molecule has 1 atom stereocenters. The Morgan fingerprint density at radius 2 is 1.58 bits per heavy atom. The molecule has 1 aliphatic rings. The summed E-state index contributed by atoms with van der Waals surface area (Å²) in [4.78, 5) is 25.2. The van der Waals surface area contributed by atoms with E-state index in [1.807, 2.05) is 68.5 Å². The summed E-state index contributed by atoms with van der Waals surface area (Å²) in [5, 5.41) is 2.89. The first-order chi connectivity index (χ1) is 12.5. The van der Waals surface area contributed by atoms with Crippen LogP contribution in [0.4, 0.5) is 0 Å². The van der Waals surface area contributed by atoms with E-state index in [2.05, 4.69) is 5.32 Å². The molecular weight excluding hydrogens is 326 g/mol. The lowest BCUT2D eigenvalue weighted by Gasteiger charge is -2.19. The van der Waals surface area contributed by atoms with Crippen LogP contribution in [0, 0.1) is 0 Å². The Morgan fingerprint density at radius 3 is 2.08 bits per heavy atom. The van der Waals surface area contributed by atoms with E-state index in [1.54, 1.807) is 0 Å². The van der Waals surface area contributed by atoms with Gasteiger partial charge in [-0.05, 0) is 42.5 Å². The first kappa shape index (κ1) is 17.9. The molecule has 0 bridgehead atoms. The van der Waals surface area contributed by atoms with Gasteiger partial charge in [0.25, 0.3) is 0 Å². The molecule has 26 heavy (non-hydrogen) atoms. The first-order valence-electron chi connectivity index (χ1n) is 8.72. The fourth-order valence-electron chi connectivity index (χ4n) is 3.40. The molecule has 0 aromatic heterocycles. The standard InChI is InChI=1S/C22H23NO3/c1-14(2)12-13-19(22(25)26-3)23-21(24)20-17-10-6-4-8-15(17)16-9-5-7-11-18(16)20/h4-12,19-20H,13H2,1-3H3,(H,23,24)/t19-/m0/s1. The summed E-state index contributed by atoms with van der Waals surface area (Å²) in [6.45, 7) is 3.92. The molecule has 0 fully saturated rings. The van der Waals surface area contributed by atoms with Crippen LogP contribution in [0.25, 0.3) is 11.1 Å². The Bertz CT molecular complexity index is 820. The summed E-state index contributed by atoms with van der Waals surface area (Å²) in [6, 6.07) is 15.1. The number of carbonyl (C=O) groups is 2. The summed E-state index contributed by atoms with van der Waals surface area (Å²) in [7, 11) is 1.34. The molecule has 0 spiro atoms. The lowest BCUT2D eigenvalue weighted by atomic mass is 9.95. The fraction of sp³-hybridized carbons (Fsp3) is 0.273. The van der Waals surface area contributed by atoms with Gasteiger partial charge in [-0.15, -0.1) is 0 Å². The second kappa shape index (κ2) is 7.56. The third kappa shape index (κ3) is 3.40. The number of methoxy groups -OCH3 is 1. The van der Waals surface area contributed by atoms with Gasteiger partial charge in [0.05, 0.1) is 13.0 Å². The lowest BCUT2D eigenvalue weighted by Crippen LogP contribution is -2.43. The predicted molar refractivity (Wildman–Crippen MR) is 102 cm³/mol. The molecular formula is C22H23NO3. The zero-order valence-corrected chi connectivity index (χ0v) is 15.3. The second-order valence-corrected chi connectivity index (χ2v) is 6.71. The summed E-state index contributed by atoms with van der Waals surface area (Å²) >= 11 is 0. The number of esters is 1. The lowest BCUT2D eigenvalue weighted by molar-refractivity contribution is -0.145. The molecule has 4 heteroatoms. The monoisotopic (exact) mass is 349 g/mol. The van der Waals surface area contributed by atoms with Crippen molar-refractivity contribution in [3.63, 3.8) is 0 Å². The molecule has 0 aliphatic heterocycles. The van der Waals surface area contributed by atoms with Crippen LogP contribution in [0.3, 0.4) is 0 Å². The van der Waals surface area contributed by atoms with E-state index in [0.717, 1.165) is 27.8 Å². The zero-order valence-electron chi connectivity index (χ0n) is 15.3. The summed E-state index contributed by atoms with van der Waals surface area (Å²) in [5.41, 5.74) is 5.17. The number of nitrogens with one attached hydrogen (secondary N) is 1. The Balaban J connectivity index is 1.91. The number of hydrogen-bond donors (Lipinski definition) is 1. The molecule has 1 amide bonds. The number of benzene rings is 2. The molecule has 3 rings (SSSR count). The largest absolute Gasteiger partial charge is 0.467 e. The number of fused-ring (bicyclic) bond motifs is 3. The third-order valence-corrected chi connectivity index (χ3v) is 4.66. The van der Waals surface area contributed by atoms with Crippen molar-refractivity contribution in [1.29, 1.82) is 0 Å². The van der Waals surface area contributed by atoms with E-state index < -0.39 is 17.9 Å². The van der Waals surface area contributed by atoms with E-state index in [4.69, 9.17) is 4.74 Å². The van der Waals surface area contributed by atoms with Crippen LogP contribution in [0.1, 0.15) is 37.3 Å². The summed E-state index contributed by atoms with van der Waals surface area (Å²) < 4.78 is 4.86. The van der Waals surface area contributed by atoms with Crippen LogP contribution in [-0.2, 0) is 14.3 Å². The molecule has 0 saturated heterocycles. The van der Waals surface area contributed by atoms with Crippen LogP contribution >= 0.6 is 0 Å². The Labute approximate surface area is 153 Å². The average molecular weight is 349 g/mol. The molecule has 0 heterocycles. The van der Waals surface area contributed by atoms with Crippen LogP contribution in [0.5, 0.6) is 0 Å². The minimum absolute atomic E-state index is 0.181. The average Bonchev–Trinajstić information content (AvgIpc) is 2.98. The minimum Gasteiger partial charge on any atom is -0.467 e. The maximum atomic E-state index is 13.1. The molecule has 4 nitrogen and oxygen atoms in total. The molecule has 134 valence electrons. The summed E-state index contributed by atoms with van der Waals surface area (Å²) in [5.74, 6) is -1.03. The van der Waals surface area contributed by atoms with Crippen molar-refractivity contribution in [3.8, 4) is 11.1 Å². The smallest absolute Gasteiger partial charge is 0.328 e. The molecule has 1 N–H and O–H groups in total. The second-order valence-electron chi connectivity index (χ2n) is 6.71. The number of carbonyl (C=O) groups excluding carboxylic acids is 2. The van der Waals surface area contributed by atoms with Crippen molar-refractivity contribution in [1.82, 2.24) is 5.32 Å². The molecule has 2 aromatic rings. The van der Waals surface area contributed by atoms with Crippen LogP contribution in [-0.4, -0.2) is 25.0 Å². The SMILES string of the molecule is COC(=O)[C@H](CC=C(C)C)NC(=O)C1c2ccccc2-c2ccccc21. The third-order valence-electron chi connectivity index (χ3n) is 4.66. The number of ether oxygens (including phenoxy) is 1. The van der Waals surface area contributed by atoms with E-state index in [1.165, 1.54) is 7.11 Å². The predicted octanol–water partition coefficient (Wildman–Crippen LogP) is 3.81. The molecule has 0 saturated carbocycles. The van der Waals surface area contributed by atoms with Crippen LogP contribution in [0.15, 0.2) is 60.2 Å². The molecule has 1 aliphatic carbocycles. The van der Waals surface area contributed by atoms with E-state index in [9.17, 15) is 9.59 Å². The van der Waals surface area contributed by atoms with Gasteiger partial charge in [-0.3, -0.25) is 4.79 Å². The maximum Gasteiger partial charge on any atom is 0.328 e. The zero-order chi connectivity index (χ0) is 18.7. The highest BCUT2D eigenvalue weighted by atomic mass is 16.5. The van der Waals surface area contributed by atoms with Gasteiger partial charge in [0.2, 0.25) is 5.91 Å². The summed E-state index contributed by atoms with van der Waals surface area (Å²) in [6.07, 6.45) is 2.34. The maximum absolute atomic E-state index is 13.1. The van der Waals surface area contributed by atoms with Gasteiger partial charge < -0.3 is 10.1 Å². The molecule has 2 aromatic carbocycles. The van der Waals surface area contributed by atoms with Crippen LogP contribution < -0.4 is 5.32 Å². The van der Waals surface area contributed by atoms with Gasteiger partial charge in [0, 0.05) is 0 Å². The fourth-order valence-corrected chi connectivity index (χ4v) is 3.40. The minimum atomic E-state index is -0.692. The number of amides is 1. The van der Waals surface area contributed by atoms with Gasteiger partial charge >= 0.3 is 5.97 Å².